The molecule has 0 amide bonds. The molecule has 0 aromatic heterocycles. The molecular formula is H16O7S. The molecule has 0 spiro atoms. The smallest absolute Gasteiger partial charge is 0.197 e. The lowest BCUT2D eigenvalue weighted by Crippen LogP contribution is -0.290. The second-order valence-electron chi connectivity index (χ2n) is 0. The molecule has 0 saturated carbocycles. The first-order valence-corrected chi connectivity index (χ1v) is 0. The van der Waals surface area contributed by atoms with Gasteiger partial charge in [0.05, 0.1) is 0 Å². The van der Waals surface area contributed by atoms with Crippen molar-refractivity contribution in [1.29, 1.82) is 0 Å². The molecule has 0 aromatic carbocycles. The molecule has 0 heterocycles. The summed E-state index contributed by atoms with van der Waals surface area (Å²) in [5, 5.41) is 0. The van der Waals surface area contributed by atoms with Gasteiger partial charge >= 0.3 is 0 Å². The van der Waals surface area contributed by atoms with Crippen LogP contribution < -0.4 is 0 Å². The molecule has 0 aliphatic rings. The van der Waals surface area contributed by atoms with Gasteiger partial charge in [0, 0.05) is 0 Å². The van der Waals surface area contributed by atoms with Crippen LogP contribution in [0.25, 0.3) is 0 Å². The Kier molecular flexibility index (Phi) is 547000000. The number of rotatable bonds is 0. The highest BCUT2D eigenvalue weighted by Crippen LogP contribution is 0.648. The highest BCUT2D eigenvalue weighted by molar-refractivity contribution is 7.59. The maximum atomic E-state index is 0. The predicted octanol–water partition coefficient (Wildman–Crippen LogP) is -5.66. The Morgan fingerprint density at radius 3 is 0.250 bits per heavy atom. The Balaban J connectivity index is 0. The van der Waals surface area contributed by atoms with E-state index in [1.165, 1.54) is 0 Å². The summed E-state index contributed by atoms with van der Waals surface area (Å²) in [6, 6.07) is 0. The van der Waals surface area contributed by atoms with E-state index in [2.05, 4.69) is 0 Å². The number of hydrogen-bond donors (Lipinski definition) is 0. The van der Waals surface area contributed by atoms with E-state index in [4.69, 9.17) is 0 Å². The van der Waals surface area contributed by atoms with E-state index in [-0.39, 0.29) is 51.8 Å². The first kappa shape index (κ1) is 82300. The van der Waals surface area contributed by atoms with Crippen LogP contribution in [-0.4, -0.2) is 38.3 Å². The minimum Gasteiger partial charge on any atom is -0.412 e. The van der Waals surface area contributed by atoms with Crippen LogP contribution in [0, 0.1) is 0 Å². The van der Waals surface area contributed by atoms with E-state index in [1.807, 2.05) is 0 Å². The van der Waals surface area contributed by atoms with E-state index in [1.54, 1.807) is 0 Å². The van der Waals surface area contributed by atoms with Gasteiger partial charge in [-0.2, -0.15) is 13.5 Å². The topological polar surface area (TPSA) is 220 Å². The quantitative estimate of drug-likeness (QED) is 0.323. The largest absolute Gasteiger partial charge is 0.412 e. The molecule has 0 saturated heterocycles. The molecule has 8 heavy (non-hydrogen) atoms. The summed E-state index contributed by atoms with van der Waals surface area (Å²) in [7, 11) is 0. The highest BCUT2D eigenvalue weighted by Gasteiger charge is -0.197. The highest BCUT2D eigenvalue weighted by atomic mass is 32.1. The van der Waals surface area contributed by atoms with Crippen molar-refractivity contribution in [2.45, 2.75) is 0 Å². The lowest BCUT2D eigenvalue weighted by molar-refractivity contribution is 0.823. The van der Waals surface area contributed by atoms with Crippen molar-refractivity contribution >= 4 is 13.5 Å². The van der Waals surface area contributed by atoms with E-state index in [9.17, 15) is 0 Å². The molecule has 8 heteroatoms. The third kappa shape index (κ3) is 31800. The zero-order chi connectivity index (χ0) is 0. The van der Waals surface area contributed by atoms with Gasteiger partial charge in [-0.1, -0.05) is 0 Å². The van der Waals surface area contributed by atoms with Crippen LogP contribution in [0.1, 0.15) is 0 Å². The first-order chi connectivity index (χ1) is 0. The molecular weight excluding hydrogens is 144 g/mol. The van der Waals surface area contributed by atoms with Gasteiger partial charge < -0.3 is 38.3 Å². The van der Waals surface area contributed by atoms with Crippen LogP contribution in [0.15, 0.2) is 0 Å². The first-order valence-electron chi connectivity index (χ1n) is 0. The van der Waals surface area contributed by atoms with E-state index < -0.39 is 0 Å². The second kappa shape index (κ2) is 53200. The summed E-state index contributed by atoms with van der Waals surface area (Å²) in [6.45, 7) is 0. The fourth-order valence-electron chi connectivity index (χ4n) is 0. The zero-order valence-electron chi connectivity index (χ0n) is 4.00. The molecule has 7 nitrogen and oxygen atoms in total. The van der Waals surface area contributed by atoms with Crippen molar-refractivity contribution in [3.8, 4) is 0 Å². The Bertz CT molecular complexity index is 4.35. The minimum atomic E-state index is 0. The Morgan fingerprint density at radius 1 is 0.250 bits per heavy atom. The molecule has 64 valence electrons. The predicted molar refractivity (Wildman–Crippen MR) is 35.7 cm³/mol. The maximum Gasteiger partial charge on any atom is -0.197 e. The van der Waals surface area contributed by atoms with E-state index >= 15 is 0 Å². The molecule has 0 radical (unpaired) electrons. The summed E-state index contributed by atoms with van der Waals surface area (Å²) >= 11 is 0. The van der Waals surface area contributed by atoms with E-state index in [0.29, 0.717) is 0 Å². The molecule has 0 aromatic rings. The van der Waals surface area contributed by atoms with Gasteiger partial charge in [-0.15, -0.1) is 0 Å². The molecule has 0 bridgehead atoms. The summed E-state index contributed by atoms with van der Waals surface area (Å²) in [5.74, 6) is 0. The van der Waals surface area contributed by atoms with Crippen LogP contribution in [-0.2, 0) is 0 Å². The normalized spacial score (nSPS) is 0. The minimum absolute atomic E-state index is 0. The SMILES string of the molecule is O.O.O.O.O.O.O.S. The molecule has 0 fully saturated rings. The van der Waals surface area contributed by atoms with Gasteiger partial charge in [0.25, 0.3) is 0 Å². The molecule has 0 aliphatic carbocycles. The lowest BCUT2D eigenvalue weighted by atomic mass is 16.0. The Hall–Kier alpha value is 0.0700. The Morgan fingerprint density at radius 2 is 0.250 bits per heavy atom. The van der Waals surface area contributed by atoms with Crippen molar-refractivity contribution in [2.24, 2.45) is 0 Å². The van der Waals surface area contributed by atoms with E-state index in [0.717, 1.165) is 0 Å². The zero-order valence-corrected chi connectivity index (χ0v) is 5.00. The van der Waals surface area contributed by atoms with Gasteiger partial charge in [-0.05, 0) is 0 Å². The fraction of sp³-hybridized carbons (Fsp3) is 0. The standard InChI is InChI=1S/7H2O.H2S/h8*1H2. The average Bonchev–Trinajstić information content (AvgIpc) is 0. The van der Waals surface area contributed by atoms with Crippen LogP contribution in [0.2, 0.25) is 0 Å². The van der Waals surface area contributed by atoms with Crippen LogP contribution in [0.5, 0.6) is 0 Å². The molecule has 0 atom stereocenters. The Labute approximate surface area is 52.9 Å². The van der Waals surface area contributed by atoms with Crippen LogP contribution >= 0.6 is 13.5 Å². The van der Waals surface area contributed by atoms with Crippen molar-refractivity contribution in [3.05, 3.63) is 0 Å². The average molecular weight is 160 g/mol. The summed E-state index contributed by atoms with van der Waals surface area (Å²) in [6.07, 6.45) is 0. The number of hydrogen-bond acceptors (Lipinski definition) is 0. The fourth-order valence-corrected chi connectivity index (χ4v) is 0. The van der Waals surface area contributed by atoms with Crippen molar-refractivity contribution in [3.63, 3.8) is 0 Å². The third-order valence-electron chi connectivity index (χ3n) is 0. The van der Waals surface area contributed by atoms with Gasteiger partial charge in [0.15, 0.2) is 0 Å². The van der Waals surface area contributed by atoms with Crippen molar-refractivity contribution in [1.82, 2.24) is 0 Å². The summed E-state index contributed by atoms with van der Waals surface area (Å²) in [4.78, 5) is 0. The van der Waals surface area contributed by atoms with Crippen molar-refractivity contribution < 1.29 is 38.3 Å². The summed E-state index contributed by atoms with van der Waals surface area (Å²) < 4.78 is 0. The molecule has 0 rings (SSSR count). The third-order valence-corrected chi connectivity index (χ3v) is 0. The molecule has 0 aliphatic heterocycles. The van der Waals surface area contributed by atoms with Crippen LogP contribution in [0.3, 0.4) is 0 Å². The maximum absolute atomic E-state index is 0. The van der Waals surface area contributed by atoms with Crippen LogP contribution in [0.4, 0.5) is 0 Å². The second-order valence-corrected chi connectivity index (χ2v) is 0. The monoisotopic (exact) mass is 160 g/mol. The van der Waals surface area contributed by atoms with Gasteiger partial charge in [0.1, 0.15) is 0 Å². The van der Waals surface area contributed by atoms with Gasteiger partial charge in [-0.3, -0.25) is 0 Å². The molecule has 14 N–H and O–H groups in total. The summed E-state index contributed by atoms with van der Waals surface area (Å²) in [5.41, 5.74) is 0. The van der Waals surface area contributed by atoms with Gasteiger partial charge in [-0.25, -0.2) is 0 Å². The molecule has 0 unspecified atom stereocenters. The van der Waals surface area contributed by atoms with Gasteiger partial charge in [0.2, 0.25) is 0 Å². The lowest BCUT2D eigenvalue weighted by Gasteiger charge is -0.413. The van der Waals surface area contributed by atoms with Crippen molar-refractivity contribution in [2.75, 3.05) is 0 Å².